The molecular weight excluding hydrogens is 374 g/mol. The van der Waals surface area contributed by atoms with E-state index in [1.54, 1.807) is 40.8 Å². The van der Waals surface area contributed by atoms with Crippen molar-refractivity contribution in [3.8, 4) is 5.75 Å². The molecule has 29 heavy (non-hydrogen) atoms. The van der Waals surface area contributed by atoms with Gasteiger partial charge >= 0.3 is 5.97 Å². The van der Waals surface area contributed by atoms with Gasteiger partial charge in [-0.25, -0.2) is 4.68 Å². The molecule has 1 amide bonds. The van der Waals surface area contributed by atoms with E-state index in [0.717, 1.165) is 0 Å². The van der Waals surface area contributed by atoms with Gasteiger partial charge in [-0.2, -0.15) is 0 Å². The second-order valence-electron chi connectivity index (χ2n) is 7.27. The number of aromatic nitrogens is 4. The quantitative estimate of drug-likeness (QED) is 0.656. The Labute approximate surface area is 170 Å². The first-order chi connectivity index (χ1) is 14.0. The third kappa shape index (κ3) is 5.10. The van der Waals surface area contributed by atoms with E-state index < -0.39 is 0 Å². The van der Waals surface area contributed by atoms with Crippen LogP contribution in [0.3, 0.4) is 0 Å². The number of esters is 1. The number of rotatable bonds is 7. The highest BCUT2D eigenvalue weighted by Gasteiger charge is 2.28. The summed E-state index contributed by atoms with van der Waals surface area (Å²) in [7, 11) is 0. The van der Waals surface area contributed by atoms with Crippen LogP contribution in [0.4, 0.5) is 0 Å². The Morgan fingerprint density at radius 3 is 2.48 bits per heavy atom. The molecule has 1 aliphatic rings. The highest BCUT2D eigenvalue weighted by atomic mass is 16.5. The SMILES string of the molecule is CCOC(=O)C1CCN(C(=O)c2ccc(OCc3nnnn3C(C)C)cc2)CC1. The van der Waals surface area contributed by atoms with Crippen molar-refractivity contribution in [2.75, 3.05) is 19.7 Å². The predicted molar refractivity (Wildman–Crippen MR) is 104 cm³/mol. The van der Waals surface area contributed by atoms with E-state index in [4.69, 9.17) is 9.47 Å². The number of carbonyl (C=O) groups excluding carboxylic acids is 2. The van der Waals surface area contributed by atoms with Crippen molar-refractivity contribution < 1.29 is 19.1 Å². The van der Waals surface area contributed by atoms with Gasteiger partial charge in [0.1, 0.15) is 12.4 Å². The van der Waals surface area contributed by atoms with Crippen LogP contribution < -0.4 is 4.74 Å². The molecule has 0 radical (unpaired) electrons. The molecule has 156 valence electrons. The van der Waals surface area contributed by atoms with Crippen LogP contribution in [0.5, 0.6) is 5.75 Å². The summed E-state index contributed by atoms with van der Waals surface area (Å²) < 4.78 is 12.5. The molecule has 0 spiro atoms. The maximum Gasteiger partial charge on any atom is 0.309 e. The molecule has 0 N–H and O–H groups in total. The van der Waals surface area contributed by atoms with Gasteiger partial charge in [0.05, 0.1) is 18.6 Å². The molecule has 9 heteroatoms. The molecule has 1 saturated heterocycles. The number of ether oxygens (including phenoxy) is 2. The molecule has 2 heterocycles. The highest BCUT2D eigenvalue weighted by molar-refractivity contribution is 5.94. The summed E-state index contributed by atoms with van der Waals surface area (Å²) >= 11 is 0. The second kappa shape index (κ2) is 9.49. The molecule has 3 rings (SSSR count). The van der Waals surface area contributed by atoms with Gasteiger partial charge < -0.3 is 14.4 Å². The van der Waals surface area contributed by atoms with Crippen LogP contribution in [0, 0.1) is 5.92 Å². The Kier molecular flexibility index (Phi) is 6.79. The van der Waals surface area contributed by atoms with Gasteiger partial charge in [0.15, 0.2) is 5.82 Å². The van der Waals surface area contributed by atoms with Crippen molar-refractivity contribution in [3.63, 3.8) is 0 Å². The molecule has 2 aromatic rings. The number of piperidine rings is 1. The summed E-state index contributed by atoms with van der Waals surface area (Å²) in [6, 6.07) is 7.18. The smallest absolute Gasteiger partial charge is 0.309 e. The number of benzene rings is 1. The number of carbonyl (C=O) groups is 2. The molecule has 1 fully saturated rings. The van der Waals surface area contributed by atoms with Crippen LogP contribution in [0.2, 0.25) is 0 Å². The normalized spacial score (nSPS) is 14.8. The van der Waals surface area contributed by atoms with E-state index in [9.17, 15) is 9.59 Å². The van der Waals surface area contributed by atoms with E-state index in [1.807, 2.05) is 13.8 Å². The first-order valence-electron chi connectivity index (χ1n) is 9.95. The number of tetrazole rings is 1. The molecular formula is C20H27N5O4. The number of hydrogen-bond acceptors (Lipinski definition) is 7. The minimum atomic E-state index is -0.162. The van der Waals surface area contributed by atoms with Gasteiger partial charge in [-0.1, -0.05) is 0 Å². The lowest BCUT2D eigenvalue weighted by Crippen LogP contribution is -2.40. The average Bonchev–Trinajstić information content (AvgIpc) is 3.21. The summed E-state index contributed by atoms with van der Waals surface area (Å²) in [5.41, 5.74) is 0.596. The molecule has 1 aliphatic heterocycles. The van der Waals surface area contributed by atoms with E-state index >= 15 is 0 Å². The molecule has 9 nitrogen and oxygen atoms in total. The van der Waals surface area contributed by atoms with Crippen LogP contribution >= 0.6 is 0 Å². The maximum atomic E-state index is 12.7. The third-order valence-corrected chi connectivity index (χ3v) is 4.92. The number of amides is 1. The maximum absolute atomic E-state index is 12.7. The van der Waals surface area contributed by atoms with Crippen molar-refractivity contribution in [3.05, 3.63) is 35.7 Å². The Hall–Kier alpha value is -2.97. The lowest BCUT2D eigenvalue weighted by molar-refractivity contribution is -0.149. The lowest BCUT2D eigenvalue weighted by atomic mass is 9.96. The van der Waals surface area contributed by atoms with Crippen LogP contribution in [-0.2, 0) is 16.1 Å². The Bertz CT molecular complexity index is 826. The third-order valence-electron chi connectivity index (χ3n) is 4.92. The fraction of sp³-hybridized carbons (Fsp3) is 0.550. The van der Waals surface area contributed by atoms with Crippen LogP contribution in [0.15, 0.2) is 24.3 Å². The summed E-state index contributed by atoms with van der Waals surface area (Å²) in [5.74, 6) is 0.967. The minimum absolute atomic E-state index is 0.0393. The Balaban J connectivity index is 1.53. The molecule has 0 unspecified atom stereocenters. The zero-order valence-corrected chi connectivity index (χ0v) is 17.1. The van der Waals surface area contributed by atoms with Crippen LogP contribution in [0.25, 0.3) is 0 Å². The van der Waals surface area contributed by atoms with E-state index in [-0.39, 0.29) is 30.4 Å². The van der Waals surface area contributed by atoms with Gasteiger partial charge in [0, 0.05) is 18.7 Å². The zero-order valence-electron chi connectivity index (χ0n) is 17.1. The largest absolute Gasteiger partial charge is 0.486 e. The summed E-state index contributed by atoms with van der Waals surface area (Å²) in [6.45, 7) is 7.54. The minimum Gasteiger partial charge on any atom is -0.486 e. The molecule has 0 saturated carbocycles. The molecule has 1 aromatic heterocycles. The summed E-state index contributed by atoms with van der Waals surface area (Å²) in [4.78, 5) is 26.3. The molecule has 0 atom stereocenters. The van der Waals surface area contributed by atoms with Crippen molar-refractivity contribution >= 4 is 11.9 Å². The standard InChI is InChI=1S/C20H27N5O4/c1-4-28-20(27)16-9-11-24(12-10-16)19(26)15-5-7-17(8-6-15)29-13-18-21-22-23-25(18)14(2)3/h5-8,14,16H,4,9-13H2,1-3H3. The van der Waals surface area contributed by atoms with E-state index in [2.05, 4.69) is 15.5 Å². The van der Waals surface area contributed by atoms with Gasteiger partial charge in [-0.3, -0.25) is 9.59 Å². The fourth-order valence-corrected chi connectivity index (χ4v) is 3.31. The molecule has 0 aliphatic carbocycles. The molecule has 1 aromatic carbocycles. The number of hydrogen-bond donors (Lipinski definition) is 0. The van der Waals surface area contributed by atoms with Gasteiger partial charge in [-0.05, 0) is 68.3 Å². The zero-order chi connectivity index (χ0) is 20.8. The first kappa shape index (κ1) is 20.8. The average molecular weight is 401 g/mol. The van der Waals surface area contributed by atoms with Crippen molar-refractivity contribution in [1.29, 1.82) is 0 Å². The van der Waals surface area contributed by atoms with Crippen molar-refractivity contribution in [1.82, 2.24) is 25.1 Å². The van der Waals surface area contributed by atoms with Crippen molar-refractivity contribution in [2.45, 2.75) is 46.3 Å². The summed E-state index contributed by atoms with van der Waals surface area (Å²) in [6.07, 6.45) is 1.27. The number of nitrogens with zero attached hydrogens (tertiary/aromatic N) is 5. The lowest BCUT2D eigenvalue weighted by Gasteiger charge is -2.31. The predicted octanol–water partition coefficient (Wildman–Crippen LogP) is 2.25. The first-order valence-corrected chi connectivity index (χ1v) is 9.95. The topological polar surface area (TPSA) is 99.4 Å². The highest BCUT2D eigenvalue weighted by Crippen LogP contribution is 2.21. The van der Waals surface area contributed by atoms with Crippen LogP contribution in [-0.4, -0.2) is 56.7 Å². The molecule has 0 bridgehead atoms. The van der Waals surface area contributed by atoms with Gasteiger partial charge in [0.2, 0.25) is 0 Å². The van der Waals surface area contributed by atoms with Crippen LogP contribution in [0.1, 0.15) is 55.8 Å². The van der Waals surface area contributed by atoms with Gasteiger partial charge in [-0.15, -0.1) is 5.10 Å². The monoisotopic (exact) mass is 401 g/mol. The Morgan fingerprint density at radius 2 is 1.86 bits per heavy atom. The van der Waals surface area contributed by atoms with E-state index in [1.165, 1.54) is 0 Å². The summed E-state index contributed by atoms with van der Waals surface area (Å²) in [5, 5.41) is 11.6. The van der Waals surface area contributed by atoms with Crippen molar-refractivity contribution in [2.24, 2.45) is 5.92 Å². The second-order valence-corrected chi connectivity index (χ2v) is 7.27. The van der Waals surface area contributed by atoms with E-state index in [0.29, 0.717) is 49.7 Å². The number of likely N-dealkylation sites (tertiary alicyclic amines) is 1. The fourth-order valence-electron chi connectivity index (χ4n) is 3.31. The van der Waals surface area contributed by atoms with Gasteiger partial charge in [0.25, 0.3) is 5.91 Å². The Morgan fingerprint density at radius 1 is 1.17 bits per heavy atom.